The Labute approximate surface area is 89.1 Å². The highest BCUT2D eigenvalue weighted by atomic mass is 16.2. The van der Waals surface area contributed by atoms with Crippen LogP contribution in [-0.2, 0) is 4.79 Å². The molecule has 1 aliphatic rings. The Bertz CT molecular complexity index is 378. The summed E-state index contributed by atoms with van der Waals surface area (Å²) in [5.74, 6) is 0.443. The van der Waals surface area contributed by atoms with Crippen LogP contribution in [0, 0.1) is 12.8 Å². The van der Waals surface area contributed by atoms with Gasteiger partial charge in [0, 0.05) is 19.2 Å². The van der Waals surface area contributed by atoms with Gasteiger partial charge in [0.25, 0.3) is 0 Å². The van der Waals surface area contributed by atoms with Gasteiger partial charge in [-0.05, 0) is 31.0 Å². The Morgan fingerprint density at radius 1 is 1.67 bits per heavy atom. The van der Waals surface area contributed by atoms with E-state index in [0.717, 1.165) is 17.8 Å². The van der Waals surface area contributed by atoms with Crippen LogP contribution in [0.15, 0.2) is 18.5 Å². The maximum absolute atomic E-state index is 11.7. The van der Waals surface area contributed by atoms with Crippen LogP contribution in [0.5, 0.6) is 0 Å². The summed E-state index contributed by atoms with van der Waals surface area (Å²) < 4.78 is 0. The molecule has 0 bridgehead atoms. The lowest BCUT2D eigenvalue weighted by Gasteiger charge is -2.18. The zero-order chi connectivity index (χ0) is 10.8. The predicted molar refractivity (Wildman–Crippen MR) is 58.5 cm³/mol. The second-order valence-electron chi connectivity index (χ2n) is 3.97. The molecule has 2 heterocycles. The summed E-state index contributed by atoms with van der Waals surface area (Å²) in [4.78, 5) is 17.6. The molecule has 4 heteroatoms. The molecule has 2 N–H and O–H groups in total. The predicted octanol–water partition coefficient (Wildman–Crippen LogP) is 0.702. The highest BCUT2D eigenvalue weighted by Gasteiger charge is 2.30. The molecule has 0 aromatic carbocycles. The van der Waals surface area contributed by atoms with Gasteiger partial charge in [-0.1, -0.05) is 0 Å². The fraction of sp³-hybridized carbons (Fsp3) is 0.455. The molecule has 15 heavy (non-hydrogen) atoms. The van der Waals surface area contributed by atoms with E-state index in [4.69, 9.17) is 5.73 Å². The normalized spacial score (nSPS) is 21.1. The number of pyridine rings is 1. The molecule has 0 aliphatic carbocycles. The topological polar surface area (TPSA) is 59.2 Å². The van der Waals surface area contributed by atoms with Crippen molar-refractivity contribution in [3.05, 3.63) is 24.0 Å². The van der Waals surface area contributed by atoms with Crippen molar-refractivity contribution in [3.63, 3.8) is 0 Å². The Morgan fingerprint density at radius 3 is 3.07 bits per heavy atom. The van der Waals surface area contributed by atoms with Gasteiger partial charge in [-0.2, -0.15) is 0 Å². The number of hydrogen-bond acceptors (Lipinski definition) is 3. The van der Waals surface area contributed by atoms with E-state index in [1.54, 1.807) is 17.3 Å². The van der Waals surface area contributed by atoms with Crippen LogP contribution in [-0.4, -0.2) is 24.0 Å². The first-order valence-electron chi connectivity index (χ1n) is 5.13. The molecule has 1 atom stereocenters. The molecule has 1 saturated heterocycles. The van der Waals surface area contributed by atoms with Crippen molar-refractivity contribution in [2.45, 2.75) is 13.3 Å². The molecule has 4 nitrogen and oxygen atoms in total. The third-order valence-electron chi connectivity index (χ3n) is 2.84. The van der Waals surface area contributed by atoms with Crippen LogP contribution in [0.2, 0.25) is 0 Å². The minimum Gasteiger partial charge on any atom is -0.330 e. The molecule has 0 radical (unpaired) electrons. The molecular formula is C11H15N3O. The molecule has 0 saturated carbocycles. The third kappa shape index (κ3) is 1.85. The van der Waals surface area contributed by atoms with Gasteiger partial charge in [0.05, 0.1) is 11.9 Å². The van der Waals surface area contributed by atoms with E-state index in [1.165, 1.54) is 0 Å². The fourth-order valence-corrected chi connectivity index (χ4v) is 1.91. The van der Waals surface area contributed by atoms with Gasteiger partial charge in [0.2, 0.25) is 5.91 Å². The largest absolute Gasteiger partial charge is 0.330 e. The van der Waals surface area contributed by atoms with Gasteiger partial charge < -0.3 is 10.6 Å². The first-order valence-corrected chi connectivity index (χ1v) is 5.13. The van der Waals surface area contributed by atoms with Crippen LogP contribution in [0.3, 0.4) is 0 Å². The Hall–Kier alpha value is -1.42. The summed E-state index contributed by atoms with van der Waals surface area (Å²) in [6, 6.07) is 1.92. The fourth-order valence-electron chi connectivity index (χ4n) is 1.91. The number of nitrogens with zero attached hydrogens (tertiary/aromatic N) is 2. The van der Waals surface area contributed by atoms with Crippen molar-refractivity contribution in [3.8, 4) is 0 Å². The van der Waals surface area contributed by atoms with Crippen molar-refractivity contribution in [2.75, 3.05) is 18.0 Å². The van der Waals surface area contributed by atoms with Crippen LogP contribution < -0.4 is 10.6 Å². The molecule has 1 aromatic rings. The number of carbonyl (C=O) groups is 1. The van der Waals surface area contributed by atoms with Gasteiger partial charge in [0.1, 0.15) is 0 Å². The number of anilines is 1. The van der Waals surface area contributed by atoms with Crippen molar-refractivity contribution in [1.29, 1.82) is 0 Å². The average Bonchev–Trinajstić information content (AvgIpc) is 2.60. The van der Waals surface area contributed by atoms with E-state index < -0.39 is 0 Å². The summed E-state index contributed by atoms with van der Waals surface area (Å²) in [5, 5.41) is 0. The smallest absolute Gasteiger partial charge is 0.227 e. The van der Waals surface area contributed by atoms with Crippen molar-refractivity contribution in [1.82, 2.24) is 4.98 Å². The van der Waals surface area contributed by atoms with Crippen LogP contribution >= 0.6 is 0 Å². The Balaban J connectivity index is 2.25. The lowest BCUT2D eigenvalue weighted by Crippen LogP contribution is -2.26. The average molecular weight is 205 g/mol. The van der Waals surface area contributed by atoms with E-state index in [9.17, 15) is 4.79 Å². The summed E-state index contributed by atoms with van der Waals surface area (Å²) in [6.07, 6.45) is 4.04. The number of carbonyl (C=O) groups excluding carboxylic acids is 1. The van der Waals surface area contributed by atoms with Crippen LogP contribution in [0.1, 0.15) is 12.0 Å². The quantitative estimate of drug-likeness (QED) is 0.773. The summed E-state index contributed by atoms with van der Waals surface area (Å²) >= 11 is 0. The minimum atomic E-state index is 0.154. The third-order valence-corrected chi connectivity index (χ3v) is 2.84. The molecule has 0 spiro atoms. The van der Waals surface area contributed by atoms with Crippen LogP contribution in [0.25, 0.3) is 0 Å². The maximum Gasteiger partial charge on any atom is 0.227 e. The van der Waals surface area contributed by atoms with E-state index in [2.05, 4.69) is 4.98 Å². The molecule has 80 valence electrons. The number of nitrogens with two attached hydrogens (primary N) is 1. The molecular weight excluding hydrogens is 190 g/mol. The molecule has 1 fully saturated rings. The number of rotatable bonds is 2. The van der Waals surface area contributed by atoms with Gasteiger partial charge >= 0.3 is 0 Å². The van der Waals surface area contributed by atoms with Crippen LogP contribution in [0.4, 0.5) is 5.69 Å². The number of hydrogen-bond donors (Lipinski definition) is 1. The molecule has 2 rings (SSSR count). The van der Waals surface area contributed by atoms with Crippen molar-refractivity contribution < 1.29 is 4.79 Å². The second-order valence-corrected chi connectivity index (χ2v) is 3.97. The van der Waals surface area contributed by atoms with Gasteiger partial charge in [0.15, 0.2) is 0 Å². The standard InChI is InChI=1S/C11H15N3O/c1-8-2-3-13-6-10(8)14-7-9(5-12)4-11(14)15/h2-3,6,9H,4-5,7,12H2,1H3. The Morgan fingerprint density at radius 2 is 2.47 bits per heavy atom. The first kappa shape index (κ1) is 10.1. The van der Waals surface area contributed by atoms with E-state index >= 15 is 0 Å². The first-order chi connectivity index (χ1) is 7.22. The highest BCUT2D eigenvalue weighted by Crippen LogP contribution is 2.26. The monoisotopic (exact) mass is 205 g/mol. The second kappa shape index (κ2) is 3.98. The molecule has 1 aromatic heterocycles. The number of aromatic nitrogens is 1. The zero-order valence-electron chi connectivity index (χ0n) is 8.81. The minimum absolute atomic E-state index is 0.154. The molecule has 1 amide bonds. The van der Waals surface area contributed by atoms with E-state index in [1.807, 2.05) is 13.0 Å². The SMILES string of the molecule is Cc1ccncc1N1CC(CN)CC1=O. The van der Waals surface area contributed by atoms with Gasteiger partial charge in [-0.3, -0.25) is 9.78 Å². The number of aryl methyl sites for hydroxylation is 1. The Kier molecular flexibility index (Phi) is 2.68. The number of amides is 1. The van der Waals surface area contributed by atoms with Crippen molar-refractivity contribution >= 4 is 11.6 Å². The lowest BCUT2D eigenvalue weighted by molar-refractivity contribution is -0.117. The molecule has 1 unspecified atom stereocenters. The van der Waals surface area contributed by atoms with Crippen molar-refractivity contribution in [2.24, 2.45) is 11.7 Å². The highest BCUT2D eigenvalue weighted by molar-refractivity contribution is 5.96. The maximum atomic E-state index is 11.7. The van der Waals surface area contributed by atoms with E-state index in [0.29, 0.717) is 13.0 Å². The van der Waals surface area contributed by atoms with Gasteiger partial charge in [-0.15, -0.1) is 0 Å². The molecule has 1 aliphatic heterocycles. The zero-order valence-corrected chi connectivity index (χ0v) is 8.81. The summed E-state index contributed by atoms with van der Waals surface area (Å²) in [5.41, 5.74) is 7.57. The van der Waals surface area contributed by atoms with Gasteiger partial charge in [-0.25, -0.2) is 0 Å². The lowest BCUT2D eigenvalue weighted by atomic mass is 10.1. The summed E-state index contributed by atoms with van der Waals surface area (Å²) in [7, 11) is 0. The summed E-state index contributed by atoms with van der Waals surface area (Å²) in [6.45, 7) is 3.28. The van der Waals surface area contributed by atoms with E-state index in [-0.39, 0.29) is 11.8 Å².